The molecule has 0 aliphatic carbocycles. The molecule has 0 radical (unpaired) electrons. The van der Waals surface area contributed by atoms with Crippen molar-refractivity contribution in [3.63, 3.8) is 0 Å². The third-order valence-corrected chi connectivity index (χ3v) is 4.16. The van der Waals surface area contributed by atoms with Crippen LogP contribution in [0, 0.1) is 5.92 Å². The van der Waals surface area contributed by atoms with Gasteiger partial charge in [-0.05, 0) is 48.4 Å². The summed E-state index contributed by atoms with van der Waals surface area (Å²) in [7, 11) is 1.95. The molecular formula is C15H18BrClN2. The Labute approximate surface area is 127 Å². The summed E-state index contributed by atoms with van der Waals surface area (Å²) in [6.07, 6.45) is 7.18. The molecule has 0 amide bonds. The van der Waals surface area contributed by atoms with Crippen LogP contribution in [0.5, 0.6) is 0 Å². The van der Waals surface area contributed by atoms with Crippen molar-refractivity contribution in [1.29, 1.82) is 0 Å². The standard InChI is InChI=1S/C15H18BrClN2/c1-19-11-14(10-18-19)6-5-13(9-17)7-12-3-2-4-15(16)8-12/h2-4,8,10-11,13H,5-7,9H2,1H3. The van der Waals surface area contributed by atoms with Gasteiger partial charge < -0.3 is 0 Å². The maximum absolute atomic E-state index is 6.10. The molecule has 1 aromatic carbocycles. The summed E-state index contributed by atoms with van der Waals surface area (Å²) in [5, 5.41) is 4.19. The van der Waals surface area contributed by atoms with E-state index in [9.17, 15) is 0 Å². The first-order valence-electron chi connectivity index (χ1n) is 6.45. The van der Waals surface area contributed by atoms with Gasteiger partial charge in [-0.2, -0.15) is 5.10 Å². The fraction of sp³-hybridized carbons (Fsp3) is 0.400. The van der Waals surface area contributed by atoms with E-state index in [0.717, 1.165) is 23.7 Å². The molecule has 0 N–H and O–H groups in total. The smallest absolute Gasteiger partial charge is 0.0521 e. The summed E-state index contributed by atoms with van der Waals surface area (Å²) in [5.74, 6) is 1.21. The zero-order chi connectivity index (χ0) is 13.7. The highest BCUT2D eigenvalue weighted by Gasteiger charge is 2.10. The van der Waals surface area contributed by atoms with Gasteiger partial charge in [0, 0.05) is 23.6 Å². The molecular weight excluding hydrogens is 324 g/mol. The Morgan fingerprint density at radius 2 is 2.21 bits per heavy atom. The van der Waals surface area contributed by atoms with Crippen molar-refractivity contribution in [3.05, 3.63) is 52.3 Å². The van der Waals surface area contributed by atoms with Gasteiger partial charge >= 0.3 is 0 Å². The van der Waals surface area contributed by atoms with Crippen LogP contribution in [0.2, 0.25) is 0 Å². The van der Waals surface area contributed by atoms with Crippen molar-refractivity contribution in [2.45, 2.75) is 19.3 Å². The van der Waals surface area contributed by atoms with Crippen molar-refractivity contribution >= 4 is 27.5 Å². The SMILES string of the molecule is Cn1cc(CCC(CCl)Cc2cccc(Br)c2)cn1. The monoisotopic (exact) mass is 340 g/mol. The Hall–Kier alpha value is -0.800. The molecule has 1 atom stereocenters. The lowest BCUT2D eigenvalue weighted by Crippen LogP contribution is -2.08. The quantitative estimate of drug-likeness (QED) is 0.720. The van der Waals surface area contributed by atoms with Crippen LogP contribution in [-0.2, 0) is 19.9 Å². The average molecular weight is 342 g/mol. The van der Waals surface area contributed by atoms with Crippen LogP contribution in [0.1, 0.15) is 17.5 Å². The number of hydrogen-bond acceptors (Lipinski definition) is 1. The Kier molecular flexibility index (Phi) is 5.46. The van der Waals surface area contributed by atoms with Gasteiger partial charge in [0.1, 0.15) is 0 Å². The lowest BCUT2D eigenvalue weighted by atomic mass is 9.95. The minimum atomic E-state index is 0.510. The van der Waals surface area contributed by atoms with E-state index >= 15 is 0 Å². The van der Waals surface area contributed by atoms with Crippen molar-refractivity contribution in [2.24, 2.45) is 13.0 Å². The number of alkyl halides is 1. The second-order valence-electron chi connectivity index (χ2n) is 4.92. The Morgan fingerprint density at radius 3 is 2.84 bits per heavy atom. The second kappa shape index (κ2) is 7.11. The summed E-state index contributed by atoms with van der Waals surface area (Å²) in [4.78, 5) is 0. The minimum Gasteiger partial charge on any atom is -0.276 e. The number of nitrogens with zero attached hydrogens (tertiary/aromatic N) is 2. The Morgan fingerprint density at radius 1 is 1.37 bits per heavy atom. The molecule has 0 spiro atoms. The average Bonchev–Trinajstić information content (AvgIpc) is 2.80. The van der Waals surface area contributed by atoms with Crippen molar-refractivity contribution in [1.82, 2.24) is 9.78 Å². The molecule has 19 heavy (non-hydrogen) atoms. The normalized spacial score (nSPS) is 12.6. The van der Waals surface area contributed by atoms with Gasteiger partial charge in [0.2, 0.25) is 0 Å². The highest BCUT2D eigenvalue weighted by molar-refractivity contribution is 9.10. The highest BCUT2D eigenvalue weighted by atomic mass is 79.9. The summed E-state index contributed by atoms with van der Waals surface area (Å²) in [6, 6.07) is 8.46. The molecule has 0 fully saturated rings. The van der Waals surface area contributed by atoms with Crippen LogP contribution in [0.25, 0.3) is 0 Å². The third-order valence-electron chi connectivity index (χ3n) is 3.23. The van der Waals surface area contributed by atoms with Crippen molar-refractivity contribution in [2.75, 3.05) is 5.88 Å². The van der Waals surface area contributed by atoms with E-state index in [1.54, 1.807) is 0 Å². The van der Waals surface area contributed by atoms with Gasteiger partial charge in [-0.3, -0.25) is 4.68 Å². The number of aryl methyl sites for hydroxylation is 2. The van der Waals surface area contributed by atoms with Crippen LogP contribution < -0.4 is 0 Å². The molecule has 4 heteroatoms. The lowest BCUT2D eigenvalue weighted by Gasteiger charge is -2.13. The first-order chi connectivity index (χ1) is 9.17. The van der Waals surface area contributed by atoms with Gasteiger partial charge in [-0.25, -0.2) is 0 Å². The fourth-order valence-corrected chi connectivity index (χ4v) is 2.91. The first-order valence-corrected chi connectivity index (χ1v) is 7.78. The van der Waals surface area contributed by atoms with E-state index in [2.05, 4.69) is 51.5 Å². The van der Waals surface area contributed by atoms with Gasteiger partial charge in [0.25, 0.3) is 0 Å². The lowest BCUT2D eigenvalue weighted by molar-refractivity contribution is 0.536. The van der Waals surface area contributed by atoms with Gasteiger partial charge in [0.15, 0.2) is 0 Å². The number of aromatic nitrogens is 2. The maximum atomic E-state index is 6.10. The molecule has 2 rings (SSSR count). The van der Waals surface area contributed by atoms with Crippen LogP contribution in [0.3, 0.4) is 0 Å². The molecule has 1 heterocycles. The van der Waals surface area contributed by atoms with E-state index in [4.69, 9.17) is 11.6 Å². The molecule has 0 saturated carbocycles. The van der Waals surface area contributed by atoms with Crippen molar-refractivity contribution in [3.8, 4) is 0 Å². The largest absolute Gasteiger partial charge is 0.276 e. The third kappa shape index (κ3) is 4.66. The molecule has 102 valence electrons. The first kappa shape index (κ1) is 14.6. The molecule has 0 bridgehead atoms. The Balaban J connectivity index is 1.89. The zero-order valence-electron chi connectivity index (χ0n) is 11.0. The van der Waals surface area contributed by atoms with E-state index in [0.29, 0.717) is 11.8 Å². The van der Waals surface area contributed by atoms with E-state index in [1.165, 1.54) is 11.1 Å². The number of halogens is 2. The van der Waals surface area contributed by atoms with E-state index in [-0.39, 0.29) is 0 Å². The summed E-state index contributed by atoms with van der Waals surface area (Å²) in [6.45, 7) is 0. The van der Waals surface area contributed by atoms with Crippen LogP contribution >= 0.6 is 27.5 Å². The van der Waals surface area contributed by atoms with Crippen molar-refractivity contribution < 1.29 is 0 Å². The van der Waals surface area contributed by atoms with Crippen LogP contribution in [0.4, 0.5) is 0 Å². The van der Waals surface area contributed by atoms with Gasteiger partial charge in [-0.1, -0.05) is 28.1 Å². The van der Waals surface area contributed by atoms with Gasteiger partial charge in [0.05, 0.1) is 6.20 Å². The summed E-state index contributed by atoms with van der Waals surface area (Å²) < 4.78 is 2.98. The van der Waals surface area contributed by atoms with E-state index in [1.807, 2.05) is 17.9 Å². The number of rotatable bonds is 6. The molecule has 2 nitrogen and oxygen atoms in total. The molecule has 1 aromatic heterocycles. The Bertz CT molecular complexity index is 524. The predicted molar refractivity (Wildman–Crippen MR) is 83.6 cm³/mol. The number of hydrogen-bond donors (Lipinski definition) is 0. The van der Waals surface area contributed by atoms with E-state index < -0.39 is 0 Å². The molecule has 0 aliphatic rings. The van der Waals surface area contributed by atoms with Gasteiger partial charge in [-0.15, -0.1) is 11.6 Å². The molecule has 0 aliphatic heterocycles. The molecule has 0 saturated heterocycles. The van der Waals surface area contributed by atoms with Crippen LogP contribution in [-0.4, -0.2) is 15.7 Å². The summed E-state index contributed by atoms with van der Waals surface area (Å²) >= 11 is 9.60. The maximum Gasteiger partial charge on any atom is 0.0521 e. The van der Waals surface area contributed by atoms with Crippen LogP contribution in [0.15, 0.2) is 41.1 Å². The fourth-order valence-electron chi connectivity index (χ4n) is 2.20. The number of benzene rings is 1. The molecule has 1 unspecified atom stereocenters. The zero-order valence-corrected chi connectivity index (χ0v) is 13.4. The second-order valence-corrected chi connectivity index (χ2v) is 6.14. The topological polar surface area (TPSA) is 17.8 Å². The summed E-state index contributed by atoms with van der Waals surface area (Å²) in [5.41, 5.74) is 2.62. The molecule has 2 aromatic rings. The highest BCUT2D eigenvalue weighted by Crippen LogP contribution is 2.19. The predicted octanol–water partition coefficient (Wildman–Crippen LogP) is 4.21. The minimum absolute atomic E-state index is 0.510.